The molecule has 0 radical (unpaired) electrons. The fraction of sp³-hybridized carbons (Fsp3) is 0.621. The van der Waals surface area contributed by atoms with Crippen molar-refractivity contribution in [3.05, 3.63) is 53.0 Å². The number of nitrogens with one attached hydrogen (secondary N) is 1. The molecule has 4 heterocycles. The maximum atomic E-state index is 13.1. The average Bonchev–Trinajstić information content (AvgIpc) is 3.32. The van der Waals surface area contributed by atoms with Gasteiger partial charge in [0, 0.05) is 55.3 Å². The van der Waals surface area contributed by atoms with E-state index in [-0.39, 0.29) is 12.1 Å². The summed E-state index contributed by atoms with van der Waals surface area (Å²) in [6.45, 7) is 5.61. The summed E-state index contributed by atoms with van der Waals surface area (Å²) in [7, 11) is 0. The van der Waals surface area contributed by atoms with Gasteiger partial charge in [-0.05, 0) is 76.0 Å². The Labute approximate surface area is 215 Å². The van der Waals surface area contributed by atoms with Gasteiger partial charge in [0.05, 0.1) is 12.7 Å². The van der Waals surface area contributed by atoms with Crippen LogP contribution in [0.15, 0.2) is 30.5 Å². The van der Waals surface area contributed by atoms with Crippen LogP contribution in [0.1, 0.15) is 86.3 Å². The summed E-state index contributed by atoms with van der Waals surface area (Å²) in [5.74, 6) is 1.37. The highest BCUT2D eigenvalue weighted by molar-refractivity contribution is 5.78. The summed E-state index contributed by atoms with van der Waals surface area (Å²) >= 11 is 0. The molecule has 2 atom stereocenters. The monoisotopic (exact) mass is 492 g/mol. The van der Waals surface area contributed by atoms with E-state index in [1.807, 2.05) is 19.2 Å². The first kappa shape index (κ1) is 25.2. The zero-order valence-electron chi connectivity index (χ0n) is 21.6. The van der Waals surface area contributed by atoms with Gasteiger partial charge in [0.25, 0.3) is 0 Å². The van der Waals surface area contributed by atoms with Crippen LogP contribution in [0.2, 0.25) is 0 Å². The molecule has 2 aliphatic heterocycles. The van der Waals surface area contributed by atoms with Crippen LogP contribution in [0.25, 0.3) is 0 Å². The van der Waals surface area contributed by atoms with Crippen molar-refractivity contribution in [3.8, 4) is 0 Å². The molecule has 2 fully saturated rings. The summed E-state index contributed by atoms with van der Waals surface area (Å²) in [6.07, 6.45) is 11.9. The minimum absolute atomic E-state index is 0.150. The van der Waals surface area contributed by atoms with E-state index in [0.29, 0.717) is 12.5 Å². The van der Waals surface area contributed by atoms with Gasteiger partial charge in [0.15, 0.2) is 0 Å². The molecule has 2 unspecified atom stereocenters. The number of aromatic nitrogens is 2. The number of rotatable bonds is 11. The van der Waals surface area contributed by atoms with Crippen molar-refractivity contribution in [3.63, 3.8) is 0 Å². The maximum absolute atomic E-state index is 13.1. The fourth-order valence-corrected chi connectivity index (χ4v) is 5.67. The fourth-order valence-electron chi connectivity index (χ4n) is 5.67. The normalized spacial score (nSPS) is 20.9. The molecular weight excluding hydrogens is 452 g/mol. The smallest absolute Gasteiger partial charge is 0.328 e. The van der Waals surface area contributed by atoms with Gasteiger partial charge in [0.2, 0.25) is 0 Å². The molecule has 0 amide bonds. The number of unbranched alkanes of at least 4 members (excludes halogenated alkanes) is 1. The van der Waals surface area contributed by atoms with Crippen LogP contribution in [0.4, 0.5) is 5.82 Å². The van der Waals surface area contributed by atoms with Gasteiger partial charge in [-0.2, -0.15) is 0 Å². The molecular formula is C29H40N4O3. The number of nitrogens with zero attached hydrogens (tertiary/aromatic N) is 3. The van der Waals surface area contributed by atoms with Gasteiger partial charge < -0.3 is 14.8 Å². The molecule has 1 saturated carbocycles. The number of ether oxygens (including phenoxy) is 2. The first-order chi connectivity index (χ1) is 17.7. The summed E-state index contributed by atoms with van der Waals surface area (Å²) in [4.78, 5) is 24.8. The average molecular weight is 493 g/mol. The van der Waals surface area contributed by atoms with Crippen LogP contribution in [0.5, 0.6) is 0 Å². The number of fused-ring (bicyclic) bond motifs is 1. The molecule has 194 valence electrons. The minimum atomic E-state index is -0.397. The molecule has 2 aromatic heterocycles. The Balaban J connectivity index is 1.12. The number of carbonyl (C=O) groups excluding carboxylic acids is 1. The third-order valence-electron chi connectivity index (χ3n) is 7.84. The molecule has 36 heavy (non-hydrogen) atoms. The molecule has 1 aliphatic carbocycles. The van der Waals surface area contributed by atoms with Gasteiger partial charge in [-0.1, -0.05) is 18.6 Å². The highest BCUT2D eigenvalue weighted by Crippen LogP contribution is 2.40. The lowest BCUT2D eigenvalue weighted by atomic mass is 9.80. The zero-order chi connectivity index (χ0) is 24.7. The highest BCUT2D eigenvalue weighted by atomic mass is 16.5. The first-order valence-corrected chi connectivity index (χ1v) is 13.9. The van der Waals surface area contributed by atoms with Gasteiger partial charge in [-0.25, -0.2) is 9.78 Å². The standard InChI is InChI=1S/C29H40N4O3/c1-2-35-29(34)27(25-12-7-16-30-26(25)21-8-5-9-21)33-18-15-24(20-33)36-19-4-3-11-23-14-13-22-10-6-17-31-28(22)32-23/h7,12-14,16,21,24,27H,2-6,8-11,15,17-20H2,1H3,(H,31,32). The molecule has 1 saturated heterocycles. The second kappa shape index (κ2) is 12.2. The van der Waals surface area contributed by atoms with Crippen molar-refractivity contribution >= 4 is 11.8 Å². The SMILES string of the molecule is CCOC(=O)C(c1cccnc1C1CCC1)N1CCC(OCCCCc2ccc3c(n2)NCCC3)C1. The van der Waals surface area contributed by atoms with Crippen molar-refractivity contribution in [2.45, 2.75) is 82.8 Å². The highest BCUT2D eigenvalue weighted by Gasteiger charge is 2.38. The molecule has 7 heteroatoms. The molecule has 3 aliphatic rings. The van der Waals surface area contributed by atoms with Gasteiger partial charge >= 0.3 is 5.97 Å². The van der Waals surface area contributed by atoms with Crippen LogP contribution in [-0.4, -0.2) is 59.8 Å². The summed E-state index contributed by atoms with van der Waals surface area (Å²) in [5.41, 5.74) is 4.60. The van der Waals surface area contributed by atoms with Gasteiger partial charge in [0.1, 0.15) is 11.9 Å². The Morgan fingerprint density at radius 3 is 2.94 bits per heavy atom. The number of hydrogen-bond donors (Lipinski definition) is 1. The van der Waals surface area contributed by atoms with Gasteiger partial charge in [-0.3, -0.25) is 9.88 Å². The minimum Gasteiger partial charge on any atom is -0.465 e. The van der Waals surface area contributed by atoms with Crippen LogP contribution in [0, 0.1) is 0 Å². The lowest BCUT2D eigenvalue weighted by Gasteiger charge is -2.32. The van der Waals surface area contributed by atoms with Gasteiger partial charge in [-0.15, -0.1) is 0 Å². The third kappa shape index (κ3) is 5.89. The Bertz CT molecular complexity index is 1030. The maximum Gasteiger partial charge on any atom is 0.328 e. The third-order valence-corrected chi connectivity index (χ3v) is 7.84. The molecule has 0 aromatic carbocycles. The quantitative estimate of drug-likeness (QED) is 0.356. The lowest BCUT2D eigenvalue weighted by Crippen LogP contribution is -2.36. The number of aryl methyl sites for hydroxylation is 2. The molecule has 0 bridgehead atoms. The Morgan fingerprint density at radius 1 is 1.19 bits per heavy atom. The van der Waals surface area contributed by atoms with Crippen molar-refractivity contribution in [2.24, 2.45) is 0 Å². The van der Waals surface area contributed by atoms with Crippen LogP contribution in [0.3, 0.4) is 0 Å². The van der Waals surface area contributed by atoms with E-state index < -0.39 is 6.04 Å². The zero-order valence-corrected chi connectivity index (χ0v) is 21.6. The number of esters is 1. The molecule has 2 aromatic rings. The molecule has 0 spiro atoms. The van der Waals surface area contributed by atoms with E-state index in [1.54, 1.807) is 0 Å². The van der Waals surface area contributed by atoms with E-state index in [9.17, 15) is 4.79 Å². The van der Waals surface area contributed by atoms with Crippen LogP contribution in [-0.2, 0) is 27.1 Å². The van der Waals surface area contributed by atoms with E-state index >= 15 is 0 Å². The summed E-state index contributed by atoms with van der Waals surface area (Å²) in [5, 5.41) is 3.42. The number of anilines is 1. The van der Waals surface area contributed by atoms with E-state index in [4.69, 9.17) is 19.4 Å². The molecule has 7 nitrogen and oxygen atoms in total. The predicted octanol–water partition coefficient (Wildman–Crippen LogP) is 4.82. The largest absolute Gasteiger partial charge is 0.465 e. The van der Waals surface area contributed by atoms with E-state index in [0.717, 1.165) is 94.0 Å². The number of likely N-dealkylation sites (tertiary alicyclic amines) is 1. The summed E-state index contributed by atoms with van der Waals surface area (Å²) < 4.78 is 11.8. The van der Waals surface area contributed by atoms with Crippen molar-refractivity contribution in [2.75, 3.05) is 38.2 Å². The molecule has 5 rings (SSSR count). The Hall–Kier alpha value is -2.51. The lowest BCUT2D eigenvalue weighted by molar-refractivity contribution is -0.149. The second-order valence-electron chi connectivity index (χ2n) is 10.3. The topological polar surface area (TPSA) is 76.6 Å². The van der Waals surface area contributed by atoms with E-state index in [1.165, 1.54) is 18.4 Å². The summed E-state index contributed by atoms with van der Waals surface area (Å²) in [6, 6.07) is 8.02. The van der Waals surface area contributed by atoms with Crippen LogP contribution < -0.4 is 5.32 Å². The number of hydrogen-bond acceptors (Lipinski definition) is 7. The van der Waals surface area contributed by atoms with E-state index in [2.05, 4.69) is 28.4 Å². The first-order valence-electron chi connectivity index (χ1n) is 13.9. The number of pyridine rings is 2. The second-order valence-corrected chi connectivity index (χ2v) is 10.3. The molecule has 1 N–H and O–H groups in total. The van der Waals surface area contributed by atoms with Crippen molar-refractivity contribution < 1.29 is 14.3 Å². The van der Waals surface area contributed by atoms with Crippen molar-refractivity contribution in [1.29, 1.82) is 0 Å². The Morgan fingerprint density at radius 2 is 2.11 bits per heavy atom. The predicted molar refractivity (Wildman–Crippen MR) is 140 cm³/mol. The Kier molecular flexibility index (Phi) is 8.49. The van der Waals surface area contributed by atoms with Crippen molar-refractivity contribution in [1.82, 2.24) is 14.9 Å². The van der Waals surface area contributed by atoms with Crippen LogP contribution >= 0.6 is 0 Å². The number of carbonyl (C=O) groups is 1.